The number of nitrogens with one attached hydrogen (secondary N) is 1. The number of hydrogen-bond donors (Lipinski definition) is 1. The van der Waals surface area contributed by atoms with Crippen molar-refractivity contribution < 1.29 is 14.3 Å². The zero-order chi connectivity index (χ0) is 14.8. The van der Waals surface area contributed by atoms with Crippen LogP contribution in [0.3, 0.4) is 0 Å². The smallest absolute Gasteiger partial charge is 0.414 e. The Morgan fingerprint density at radius 1 is 1.43 bits per heavy atom. The second-order valence-corrected chi connectivity index (χ2v) is 5.78. The Labute approximate surface area is 126 Å². The van der Waals surface area contributed by atoms with Crippen LogP contribution in [0.1, 0.15) is 12.5 Å². The molecule has 2 aliphatic heterocycles. The fourth-order valence-electron chi connectivity index (χ4n) is 2.25. The van der Waals surface area contributed by atoms with Crippen molar-refractivity contribution in [1.82, 2.24) is 5.32 Å². The lowest BCUT2D eigenvalue weighted by Gasteiger charge is -2.12. The van der Waals surface area contributed by atoms with Crippen molar-refractivity contribution >= 4 is 34.5 Å². The fourth-order valence-corrected chi connectivity index (χ4v) is 3.23. The van der Waals surface area contributed by atoms with Gasteiger partial charge >= 0.3 is 6.09 Å². The van der Waals surface area contributed by atoms with E-state index in [2.05, 4.69) is 10.3 Å². The molecule has 1 N–H and O–H groups in total. The van der Waals surface area contributed by atoms with E-state index in [1.54, 1.807) is 16.7 Å². The third-order valence-electron chi connectivity index (χ3n) is 3.21. The lowest BCUT2D eigenvalue weighted by Crippen LogP contribution is -2.31. The van der Waals surface area contributed by atoms with Gasteiger partial charge in [0, 0.05) is 23.9 Å². The van der Waals surface area contributed by atoms with Crippen molar-refractivity contribution in [2.45, 2.75) is 13.1 Å². The molecular weight excluding hydrogens is 290 g/mol. The zero-order valence-electron chi connectivity index (χ0n) is 11.5. The Morgan fingerprint density at radius 2 is 2.19 bits per heavy atom. The Bertz CT molecular complexity index is 600. The van der Waals surface area contributed by atoms with Gasteiger partial charge in [-0.1, -0.05) is 12.1 Å². The van der Waals surface area contributed by atoms with Gasteiger partial charge in [-0.3, -0.25) is 14.7 Å². The summed E-state index contributed by atoms with van der Waals surface area (Å²) in [6.07, 6.45) is -0.461. The van der Waals surface area contributed by atoms with E-state index < -0.39 is 0 Å². The summed E-state index contributed by atoms with van der Waals surface area (Å²) in [7, 11) is 0. The van der Waals surface area contributed by atoms with Gasteiger partial charge in [-0.2, -0.15) is 0 Å². The Hall–Kier alpha value is -2.02. The molecule has 1 unspecified atom stereocenters. The lowest BCUT2D eigenvalue weighted by atomic mass is 10.2. The standard InChI is InChI=1S/C14H15N3O3S/c1-9(18)15-12-8-21-13(16-12)10-2-4-11(5-3-10)17-6-7-20-14(17)19/h2-5,12H,6-8H2,1H3,(H,15,18). The monoisotopic (exact) mass is 305 g/mol. The minimum atomic E-state index is -0.305. The molecule has 21 heavy (non-hydrogen) atoms. The predicted molar refractivity (Wildman–Crippen MR) is 81.7 cm³/mol. The van der Waals surface area contributed by atoms with Crippen LogP contribution in [0.5, 0.6) is 0 Å². The second kappa shape index (κ2) is 5.77. The maximum absolute atomic E-state index is 11.5. The molecule has 110 valence electrons. The highest BCUT2D eigenvalue weighted by Gasteiger charge is 2.24. The van der Waals surface area contributed by atoms with Gasteiger partial charge < -0.3 is 10.1 Å². The molecule has 6 nitrogen and oxygen atoms in total. The Kier molecular flexibility index (Phi) is 3.83. The summed E-state index contributed by atoms with van der Waals surface area (Å²) in [5, 5.41) is 3.69. The number of amides is 2. The number of thioether (sulfide) groups is 1. The number of ether oxygens (including phenoxy) is 1. The van der Waals surface area contributed by atoms with Gasteiger partial charge in [0.25, 0.3) is 0 Å². The third kappa shape index (κ3) is 3.02. The van der Waals surface area contributed by atoms with E-state index in [0.717, 1.165) is 22.0 Å². The first-order valence-electron chi connectivity index (χ1n) is 6.66. The first-order chi connectivity index (χ1) is 10.1. The quantitative estimate of drug-likeness (QED) is 0.921. The normalized spacial score (nSPS) is 21.2. The SMILES string of the molecule is CC(=O)NC1CSC(c2ccc(N3CCOC3=O)cc2)=N1. The maximum Gasteiger partial charge on any atom is 0.414 e. The first kappa shape index (κ1) is 13.9. The van der Waals surface area contributed by atoms with E-state index in [1.807, 2.05) is 24.3 Å². The maximum atomic E-state index is 11.5. The molecule has 2 aliphatic rings. The van der Waals surface area contributed by atoms with Crippen LogP contribution in [0, 0.1) is 0 Å². The molecule has 0 radical (unpaired) electrons. The molecule has 1 aromatic rings. The minimum Gasteiger partial charge on any atom is -0.447 e. The van der Waals surface area contributed by atoms with Crippen molar-refractivity contribution in [2.75, 3.05) is 23.8 Å². The van der Waals surface area contributed by atoms with Crippen LogP contribution in [0.2, 0.25) is 0 Å². The molecule has 0 aromatic heterocycles. The molecule has 1 aromatic carbocycles. The average Bonchev–Trinajstić information content (AvgIpc) is 3.07. The highest BCUT2D eigenvalue weighted by atomic mass is 32.2. The van der Waals surface area contributed by atoms with Gasteiger partial charge in [0.2, 0.25) is 5.91 Å². The number of hydrogen-bond acceptors (Lipinski definition) is 5. The Morgan fingerprint density at radius 3 is 2.81 bits per heavy atom. The number of cyclic esters (lactones) is 1. The van der Waals surface area contributed by atoms with Crippen LogP contribution in [-0.2, 0) is 9.53 Å². The summed E-state index contributed by atoms with van der Waals surface area (Å²) in [6, 6.07) is 7.64. The van der Waals surface area contributed by atoms with Crippen molar-refractivity contribution in [1.29, 1.82) is 0 Å². The highest BCUT2D eigenvalue weighted by molar-refractivity contribution is 8.14. The number of benzene rings is 1. The third-order valence-corrected chi connectivity index (χ3v) is 4.30. The molecule has 3 rings (SSSR count). The number of anilines is 1. The highest BCUT2D eigenvalue weighted by Crippen LogP contribution is 2.25. The number of nitrogens with zero attached hydrogens (tertiary/aromatic N) is 2. The molecule has 2 amide bonds. The fraction of sp³-hybridized carbons (Fsp3) is 0.357. The van der Waals surface area contributed by atoms with E-state index in [-0.39, 0.29) is 18.2 Å². The molecular formula is C14H15N3O3S. The summed E-state index contributed by atoms with van der Waals surface area (Å²) in [5.41, 5.74) is 1.81. The molecule has 0 spiro atoms. The van der Waals surface area contributed by atoms with E-state index in [1.165, 1.54) is 6.92 Å². The largest absolute Gasteiger partial charge is 0.447 e. The van der Waals surface area contributed by atoms with Crippen molar-refractivity contribution in [3.63, 3.8) is 0 Å². The van der Waals surface area contributed by atoms with E-state index >= 15 is 0 Å². The molecule has 7 heteroatoms. The second-order valence-electron chi connectivity index (χ2n) is 4.77. The number of carbonyl (C=O) groups excluding carboxylic acids is 2. The van der Waals surface area contributed by atoms with Crippen LogP contribution in [0.15, 0.2) is 29.3 Å². The van der Waals surface area contributed by atoms with Crippen LogP contribution in [0.4, 0.5) is 10.5 Å². The predicted octanol–water partition coefficient (Wildman–Crippen LogP) is 1.60. The van der Waals surface area contributed by atoms with Gasteiger partial charge in [-0.15, -0.1) is 11.8 Å². The molecule has 1 atom stereocenters. The summed E-state index contributed by atoms with van der Waals surface area (Å²) in [5.74, 6) is 0.670. The molecule has 0 saturated carbocycles. The lowest BCUT2D eigenvalue weighted by molar-refractivity contribution is -0.119. The number of rotatable bonds is 3. The molecule has 0 bridgehead atoms. The van der Waals surface area contributed by atoms with Gasteiger partial charge in [-0.25, -0.2) is 4.79 Å². The van der Waals surface area contributed by atoms with Gasteiger partial charge in [-0.05, 0) is 12.1 Å². The van der Waals surface area contributed by atoms with Crippen LogP contribution in [0.25, 0.3) is 0 Å². The van der Waals surface area contributed by atoms with Crippen molar-refractivity contribution in [3.8, 4) is 0 Å². The summed E-state index contributed by atoms with van der Waals surface area (Å²) in [6.45, 7) is 2.50. The summed E-state index contributed by atoms with van der Waals surface area (Å²) >= 11 is 1.61. The Balaban J connectivity index is 1.73. The number of aliphatic imine (C=N–C) groups is 1. The first-order valence-corrected chi connectivity index (χ1v) is 7.64. The minimum absolute atomic E-state index is 0.0755. The van der Waals surface area contributed by atoms with Crippen LogP contribution >= 0.6 is 11.8 Å². The van der Waals surface area contributed by atoms with Crippen molar-refractivity contribution in [2.24, 2.45) is 4.99 Å². The van der Waals surface area contributed by atoms with Gasteiger partial charge in [0.15, 0.2) is 0 Å². The average molecular weight is 305 g/mol. The molecule has 1 saturated heterocycles. The zero-order valence-corrected chi connectivity index (χ0v) is 12.4. The summed E-state index contributed by atoms with van der Waals surface area (Å²) in [4.78, 5) is 28.6. The van der Waals surface area contributed by atoms with Crippen LogP contribution in [-0.4, -0.2) is 42.1 Å². The summed E-state index contributed by atoms with van der Waals surface area (Å²) < 4.78 is 4.92. The van der Waals surface area contributed by atoms with Crippen molar-refractivity contribution in [3.05, 3.63) is 29.8 Å². The topological polar surface area (TPSA) is 71.0 Å². The van der Waals surface area contributed by atoms with Crippen LogP contribution < -0.4 is 10.2 Å². The van der Waals surface area contributed by atoms with E-state index in [9.17, 15) is 9.59 Å². The molecule has 2 heterocycles. The van der Waals surface area contributed by atoms with Gasteiger partial charge in [0.05, 0.1) is 6.54 Å². The van der Waals surface area contributed by atoms with E-state index in [0.29, 0.717) is 13.2 Å². The molecule has 1 fully saturated rings. The molecule has 0 aliphatic carbocycles. The number of carbonyl (C=O) groups is 2. The van der Waals surface area contributed by atoms with Gasteiger partial charge in [0.1, 0.15) is 17.8 Å². The van der Waals surface area contributed by atoms with E-state index in [4.69, 9.17) is 4.74 Å².